The van der Waals surface area contributed by atoms with Crippen LogP contribution in [0.25, 0.3) is 0 Å². The van der Waals surface area contributed by atoms with Crippen molar-refractivity contribution >= 4 is 23.4 Å². The van der Waals surface area contributed by atoms with Gasteiger partial charge in [0.2, 0.25) is 0 Å². The van der Waals surface area contributed by atoms with Gasteiger partial charge in [-0.15, -0.1) is 0 Å². The number of Topliss-reactive ketones (excluding diaryl/α,β-unsaturated/α-hetero) is 1. The summed E-state index contributed by atoms with van der Waals surface area (Å²) in [6.07, 6.45) is 1.33. The number of halogens is 2. The van der Waals surface area contributed by atoms with Crippen LogP contribution in [0.1, 0.15) is 23.7 Å². The lowest BCUT2D eigenvalue weighted by atomic mass is 9.89. The topological polar surface area (TPSA) is 52.6 Å². The Hall–Kier alpha value is -1.88. The van der Waals surface area contributed by atoms with Gasteiger partial charge in [-0.05, 0) is 19.4 Å². The molecule has 0 unspecified atom stereocenters. The molecular weight excluding hydrogens is 299 g/mol. The highest BCUT2D eigenvalue weighted by molar-refractivity contribution is 6.31. The first-order valence-corrected chi connectivity index (χ1v) is 6.97. The second-order valence-corrected chi connectivity index (χ2v) is 5.29. The number of hydrogen-bond acceptors (Lipinski definition) is 4. The van der Waals surface area contributed by atoms with E-state index in [0.29, 0.717) is 12.0 Å². The molecule has 0 saturated heterocycles. The van der Waals surface area contributed by atoms with Crippen molar-refractivity contribution < 1.29 is 23.5 Å². The Morgan fingerprint density at radius 3 is 3.00 bits per heavy atom. The van der Waals surface area contributed by atoms with E-state index in [1.54, 1.807) is 13.0 Å². The number of carbonyl (C=O) groups is 2. The van der Waals surface area contributed by atoms with Crippen molar-refractivity contribution in [2.45, 2.75) is 19.4 Å². The molecule has 0 N–H and O–H groups in total. The van der Waals surface area contributed by atoms with Gasteiger partial charge >= 0.3 is 5.97 Å². The lowest BCUT2D eigenvalue weighted by Crippen LogP contribution is -2.38. The minimum Gasteiger partial charge on any atom is -0.484 e. The van der Waals surface area contributed by atoms with Gasteiger partial charge < -0.3 is 9.47 Å². The van der Waals surface area contributed by atoms with Crippen LogP contribution in [0.5, 0.6) is 5.75 Å². The lowest BCUT2D eigenvalue weighted by molar-refractivity contribution is -0.139. The molecule has 0 saturated carbocycles. The zero-order valence-electron chi connectivity index (χ0n) is 11.2. The highest BCUT2D eigenvalue weighted by Crippen LogP contribution is 2.41. The molecule has 6 heteroatoms. The van der Waals surface area contributed by atoms with Crippen LogP contribution in [0.3, 0.4) is 0 Å². The average molecular weight is 311 g/mol. The molecule has 4 nitrogen and oxygen atoms in total. The molecule has 110 valence electrons. The zero-order valence-corrected chi connectivity index (χ0v) is 11.9. The summed E-state index contributed by atoms with van der Waals surface area (Å²) in [5, 5.41) is -0.125. The zero-order chi connectivity index (χ0) is 15.1. The van der Waals surface area contributed by atoms with Crippen LogP contribution >= 0.6 is 11.6 Å². The van der Waals surface area contributed by atoms with Gasteiger partial charge in [-0.3, -0.25) is 4.79 Å². The van der Waals surface area contributed by atoms with Crippen molar-refractivity contribution in [3.05, 3.63) is 40.2 Å². The average Bonchev–Trinajstić information content (AvgIpc) is 2.86. The maximum atomic E-state index is 13.5. The van der Waals surface area contributed by atoms with Crippen LogP contribution in [0.4, 0.5) is 4.39 Å². The van der Waals surface area contributed by atoms with Crippen molar-refractivity contribution in [1.29, 1.82) is 0 Å². The molecular formula is C15H12ClFO4. The van der Waals surface area contributed by atoms with Crippen molar-refractivity contribution in [2.24, 2.45) is 5.92 Å². The molecule has 1 aromatic rings. The fourth-order valence-electron chi connectivity index (χ4n) is 2.67. The standard InChI is InChI=1S/C15H12ClFO4/c1-2-20-15(19)8-4-3-7-13(18)9-5-11(17)10(16)6-12(9)21-14(7)8/h4-7,14H,2-3H2,1H3/t7-,14-/m0/s1. The Morgan fingerprint density at radius 1 is 1.52 bits per heavy atom. The normalized spacial score (nSPS) is 23.0. The first-order chi connectivity index (χ1) is 10.0. The summed E-state index contributed by atoms with van der Waals surface area (Å²) in [5.74, 6) is -1.72. The van der Waals surface area contributed by atoms with Crippen molar-refractivity contribution in [3.63, 3.8) is 0 Å². The number of hydrogen-bond donors (Lipinski definition) is 0. The Kier molecular flexibility index (Phi) is 3.45. The van der Waals surface area contributed by atoms with E-state index in [0.717, 1.165) is 6.07 Å². The van der Waals surface area contributed by atoms with E-state index in [1.165, 1.54) is 6.07 Å². The predicted octanol–water partition coefficient (Wildman–Crippen LogP) is 2.93. The van der Waals surface area contributed by atoms with Gasteiger partial charge in [-0.25, -0.2) is 9.18 Å². The SMILES string of the molecule is CCOC(=O)C1=CC[C@H]2C(=O)c3cc(F)c(Cl)cc3O[C@H]12. The molecule has 21 heavy (non-hydrogen) atoms. The number of fused-ring (bicyclic) bond motifs is 2. The molecule has 0 bridgehead atoms. The fraction of sp³-hybridized carbons (Fsp3) is 0.333. The Labute approximate surface area is 125 Å². The van der Waals surface area contributed by atoms with E-state index in [-0.39, 0.29) is 28.7 Å². The summed E-state index contributed by atoms with van der Waals surface area (Å²) in [7, 11) is 0. The monoisotopic (exact) mass is 310 g/mol. The number of rotatable bonds is 2. The number of esters is 1. The van der Waals surface area contributed by atoms with E-state index in [4.69, 9.17) is 21.1 Å². The smallest absolute Gasteiger partial charge is 0.337 e. The van der Waals surface area contributed by atoms with E-state index >= 15 is 0 Å². The van der Waals surface area contributed by atoms with E-state index in [1.807, 2.05) is 0 Å². The van der Waals surface area contributed by atoms with E-state index in [9.17, 15) is 14.0 Å². The second kappa shape index (κ2) is 5.15. The predicted molar refractivity (Wildman–Crippen MR) is 73.0 cm³/mol. The quantitative estimate of drug-likeness (QED) is 0.788. The van der Waals surface area contributed by atoms with Gasteiger partial charge in [0, 0.05) is 6.07 Å². The van der Waals surface area contributed by atoms with Gasteiger partial charge in [0.1, 0.15) is 17.7 Å². The minimum atomic E-state index is -0.689. The van der Waals surface area contributed by atoms with Crippen molar-refractivity contribution in [3.8, 4) is 5.75 Å². The van der Waals surface area contributed by atoms with Crippen molar-refractivity contribution in [1.82, 2.24) is 0 Å². The molecule has 0 fully saturated rings. The Morgan fingerprint density at radius 2 is 2.29 bits per heavy atom. The third kappa shape index (κ3) is 2.21. The molecule has 0 radical (unpaired) electrons. The van der Waals surface area contributed by atoms with Gasteiger partial charge in [-0.2, -0.15) is 0 Å². The first kappa shape index (κ1) is 14.1. The molecule has 1 aliphatic heterocycles. The molecule has 0 aromatic heterocycles. The summed E-state index contributed by atoms with van der Waals surface area (Å²) in [4.78, 5) is 24.3. The minimum absolute atomic E-state index is 0.125. The van der Waals surface area contributed by atoms with Crippen molar-refractivity contribution in [2.75, 3.05) is 6.61 Å². The van der Waals surface area contributed by atoms with Crippen LogP contribution in [-0.2, 0) is 9.53 Å². The Balaban J connectivity index is 1.96. The van der Waals surface area contributed by atoms with Gasteiger partial charge in [0.25, 0.3) is 0 Å². The third-order valence-corrected chi connectivity index (χ3v) is 3.94. The molecule has 0 amide bonds. The fourth-order valence-corrected chi connectivity index (χ4v) is 2.82. The molecule has 0 spiro atoms. The second-order valence-electron chi connectivity index (χ2n) is 4.89. The summed E-state index contributed by atoms with van der Waals surface area (Å²) in [6.45, 7) is 1.95. The van der Waals surface area contributed by atoms with Crippen LogP contribution in [0.2, 0.25) is 5.02 Å². The van der Waals surface area contributed by atoms with Crippen LogP contribution in [0.15, 0.2) is 23.8 Å². The van der Waals surface area contributed by atoms with Gasteiger partial charge in [0.05, 0.1) is 28.7 Å². The lowest BCUT2D eigenvalue weighted by Gasteiger charge is -2.29. The number of ketones is 1. The maximum Gasteiger partial charge on any atom is 0.337 e. The number of benzene rings is 1. The molecule has 1 heterocycles. The van der Waals surface area contributed by atoms with E-state index in [2.05, 4.69) is 0 Å². The highest BCUT2D eigenvalue weighted by Gasteiger charge is 2.45. The Bertz CT molecular complexity index is 668. The number of carbonyl (C=O) groups excluding carboxylic acids is 2. The summed E-state index contributed by atoms with van der Waals surface area (Å²) >= 11 is 5.71. The highest BCUT2D eigenvalue weighted by atomic mass is 35.5. The summed E-state index contributed by atoms with van der Waals surface area (Å²) in [5.41, 5.74) is 0.498. The summed E-state index contributed by atoms with van der Waals surface area (Å²) < 4.78 is 24.2. The number of allylic oxidation sites excluding steroid dienone is 1. The number of ether oxygens (including phenoxy) is 2. The van der Waals surface area contributed by atoms with Crippen LogP contribution < -0.4 is 4.74 Å². The van der Waals surface area contributed by atoms with Crippen LogP contribution in [-0.4, -0.2) is 24.5 Å². The largest absolute Gasteiger partial charge is 0.484 e. The molecule has 1 aromatic carbocycles. The van der Waals surface area contributed by atoms with Crippen LogP contribution in [0, 0.1) is 11.7 Å². The van der Waals surface area contributed by atoms with Gasteiger partial charge in [0.15, 0.2) is 5.78 Å². The maximum absolute atomic E-state index is 13.5. The van der Waals surface area contributed by atoms with Gasteiger partial charge in [-0.1, -0.05) is 17.7 Å². The third-order valence-electron chi connectivity index (χ3n) is 3.65. The summed E-state index contributed by atoms with van der Waals surface area (Å²) in [6, 6.07) is 2.35. The van der Waals surface area contributed by atoms with E-state index < -0.39 is 23.8 Å². The molecule has 2 aliphatic rings. The molecule has 3 rings (SSSR count). The first-order valence-electron chi connectivity index (χ1n) is 6.60. The molecule has 1 aliphatic carbocycles. The molecule has 2 atom stereocenters.